The highest BCUT2D eigenvalue weighted by Gasteiger charge is 2.43. The molecule has 0 fully saturated rings. The van der Waals surface area contributed by atoms with Crippen molar-refractivity contribution in [2.45, 2.75) is 105 Å². The Hall–Kier alpha value is -11.8. The fourth-order valence-electron chi connectivity index (χ4n) is 13.7. The molecule has 13 aromatic carbocycles. The third-order valence-corrected chi connectivity index (χ3v) is 19.1. The molecule has 12 heteroatoms. The summed E-state index contributed by atoms with van der Waals surface area (Å²) in [6, 6.07) is 72.2. The molecule has 4 amide bonds. The molecule has 0 aromatic heterocycles. The first-order chi connectivity index (χ1) is 47.7. The minimum absolute atomic E-state index is 0.170. The predicted molar refractivity (Wildman–Crippen MR) is 403 cm³/mol. The molecule has 0 saturated heterocycles. The lowest BCUT2D eigenvalue weighted by Crippen LogP contribution is -2.40. The topological polar surface area (TPSA) is 136 Å². The van der Waals surface area contributed by atoms with E-state index in [0.717, 1.165) is 45.0 Å². The van der Waals surface area contributed by atoms with Crippen LogP contribution in [0.25, 0.3) is 43.1 Å². The van der Waals surface area contributed by atoms with Gasteiger partial charge in [-0.1, -0.05) is 168 Å². The molecule has 2 aliphatic rings. The van der Waals surface area contributed by atoms with Crippen LogP contribution in [0, 0.1) is 0 Å². The molecule has 0 aliphatic carbocycles. The number of nitrogens with one attached hydrogen (secondary N) is 2. The van der Waals surface area contributed by atoms with E-state index in [2.05, 4.69) is 93.7 Å². The first-order valence-corrected chi connectivity index (χ1v) is 33.9. The number of para-hydroxylation sites is 2. The van der Waals surface area contributed by atoms with Gasteiger partial charge < -0.3 is 29.6 Å². The van der Waals surface area contributed by atoms with Gasteiger partial charge in [0.05, 0.1) is 33.6 Å². The van der Waals surface area contributed by atoms with Crippen LogP contribution in [0.3, 0.4) is 0 Å². The number of amides is 4. The zero-order chi connectivity index (χ0) is 69.9. The molecule has 100 heavy (non-hydrogen) atoms. The third kappa shape index (κ3) is 11.6. The Balaban J connectivity index is 1.07. The van der Waals surface area contributed by atoms with Crippen LogP contribution in [0.15, 0.2) is 231 Å². The van der Waals surface area contributed by atoms with Gasteiger partial charge in [0.25, 0.3) is 23.6 Å². The fraction of sp³-hybridized carbons (Fsp3) is 0.182. The van der Waals surface area contributed by atoms with Gasteiger partial charge in [-0.2, -0.15) is 0 Å². The molecule has 2 aliphatic heterocycles. The smallest absolute Gasteiger partial charge is 0.266 e. The van der Waals surface area contributed by atoms with E-state index in [1.165, 1.54) is 9.80 Å². The molecular weight excluding hydrogens is 1240 g/mol. The highest BCUT2D eigenvalue weighted by Crippen LogP contribution is 2.58. The van der Waals surface area contributed by atoms with Gasteiger partial charge >= 0.3 is 0 Å². The molecule has 0 spiro atoms. The van der Waals surface area contributed by atoms with Crippen molar-refractivity contribution < 1.29 is 38.1 Å². The largest absolute Gasteiger partial charge is 0.457 e. The predicted octanol–water partition coefficient (Wildman–Crippen LogP) is 23.2. The van der Waals surface area contributed by atoms with Crippen LogP contribution < -0.4 is 39.4 Å². The Morgan fingerprint density at radius 3 is 0.690 bits per heavy atom. The van der Waals surface area contributed by atoms with Gasteiger partial charge in [0.2, 0.25) is 0 Å². The number of anilines is 6. The molecule has 15 rings (SSSR count). The molecule has 496 valence electrons. The molecular formula is C88H76N4O8. The van der Waals surface area contributed by atoms with Crippen molar-refractivity contribution in [3.8, 4) is 46.0 Å². The number of benzene rings is 13. The van der Waals surface area contributed by atoms with E-state index in [1.54, 1.807) is 48.5 Å². The Morgan fingerprint density at radius 2 is 0.470 bits per heavy atom. The van der Waals surface area contributed by atoms with Crippen molar-refractivity contribution in [3.05, 3.63) is 275 Å². The average molecular weight is 1320 g/mol. The molecule has 0 atom stereocenters. The van der Waals surface area contributed by atoms with E-state index in [1.807, 2.05) is 182 Å². The van der Waals surface area contributed by atoms with Crippen LogP contribution >= 0.6 is 0 Å². The normalized spacial score (nSPS) is 13.4. The minimum atomic E-state index is -0.597. The zero-order valence-electron chi connectivity index (χ0n) is 58.1. The minimum Gasteiger partial charge on any atom is -0.457 e. The molecule has 0 bridgehead atoms. The van der Waals surface area contributed by atoms with Crippen LogP contribution in [0.2, 0.25) is 0 Å². The number of hydrogen-bond donors (Lipinski definition) is 2. The summed E-state index contributed by atoms with van der Waals surface area (Å²) in [4.78, 5) is 67.0. The molecule has 12 nitrogen and oxygen atoms in total. The summed E-state index contributed by atoms with van der Waals surface area (Å²) >= 11 is 0. The number of ether oxygens (including phenoxy) is 4. The summed E-state index contributed by atoms with van der Waals surface area (Å²) < 4.78 is 29.4. The maximum Gasteiger partial charge on any atom is 0.266 e. The second-order valence-corrected chi connectivity index (χ2v) is 30.2. The van der Waals surface area contributed by atoms with E-state index in [4.69, 9.17) is 18.9 Å². The van der Waals surface area contributed by atoms with Gasteiger partial charge in [0, 0.05) is 65.8 Å². The van der Waals surface area contributed by atoms with Crippen molar-refractivity contribution in [1.29, 1.82) is 0 Å². The van der Waals surface area contributed by atoms with E-state index in [9.17, 15) is 0 Å². The van der Waals surface area contributed by atoms with Crippen LogP contribution in [-0.2, 0) is 21.7 Å². The van der Waals surface area contributed by atoms with Crippen LogP contribution in [0.1, 0.15) is 147 Å². The van der Waals surface area contributed by atoms with Gasteiger partial charge in [0.15, 0.2) is 0 Å². The summed E-state index contributed by atoms with van der Waals surface area (Å²) in [6.07, 6.45) is 0. The lowest BCUT2D eigenvalue weighted by atomic mass is 9.80. The van der Waals surface area contributed by atoms with Gasteiger partial charge in [-0.15, -0.1) is 0 Å². The maximum absolute atomic E-state index is 16.1. The van der Waals surface area contributed by atoms with Crippen LogP contribution in [0.5, 0.6) is 46.0 Å². The van der Waals surface area contributed by atoms with Crippen molar-refractivity contribution in [2.75, 3.05) is 20.4 Å². The number of carbonyl (C=O) groups excluding carboxylic acids is 4. The monoisotopic (exact) mass is 1320 g/mol. The first kappa shape index (κ1) is 64.2. The maximum atomic E-state index is 16.1. The Morgan fingerprint density at radius 1 is 0.250 bits per heavy atom. The quantitative estimate of drug-likeness (QED) is 0.0615. The molecule has 2 heterocycles. The summed E-state index contributed by atoms with van der Waals surface area (Å²) in [5.41, 5.74) is 8.04. The lowest BCUT2D eigenvalue weighted by molar-refractivity contribution is 0.0877. The molecule has 0 saturated carbocycles. The van der Waals surface area contributed by atoms with Crippen molar-refractivity contribution in [1.82, 2.24) is 0 Å². The highest BCUT2D eigenvalue weighted by molar-refractivity contribution is 6.48. The van der Waals surface area contributed by atoms with Crippen LogP contribution in [-0.4, -0.2) is 23.6 Å². The number of rotatable bonds is 14. The van der Waals surface area contributed by atoms with Crippen LogP contribution in [0.4, 0.5) is 34.1 Å². The van der Waals surface area contributed by atoms with Crippen molar-refractivity contribution in [2.24, 2.45) is 0 Å². The highest BCUT2D eigenvalue weighted by atomic mass is 16.5. The van der Waals surface area contributed by atoms with E-state index >= 15 is 19.2 Å². The lowest BCUT2D eigenvalue weighted by Gasteiger charge is -2.32. The third-order valence-electron chi connectivity index (χ3n) is 19.1. The number of nitrogens with zero attached hydrogens (tertiary/aromatic N) is 2. The first-order valence-electron chi connectivity index (χ1n) is 33.9. The number of imide groups is 2. The zero-order valence-corrected chi connectivity index (χ0v) is 58.1. The second kappa shape index (κ2) is 24.1. The molecule has 2 N–H and O–H groups in total. The second-order valence-electron chi connectivity index (χ2n) is 30.2. The number of hydrogen-bond acceptors (Lipinski definition) is 10. The standard InChI is InChI=1S/C88H76N4O8/c1-85(2,3)51-23-39-61(40-24-51)97-69-47-65-73-66(82(94)91(81(65)93)59-35-31-57(32-36-59)89-55-19-15-13-16-20-55)49-71(99-63-43-27-53(28-44-63)87(7,8)9)77-78-72(100-64-45-29-54(30-46-64)88(10,11)12)50-68-74-67(83(95)92(84(68)96)60-37-33-58(34-38-60)90-56-21-17-14-18-22-56)48-70(76(80(74)78)75(69)79(73)77)98-62-41-25-52(26-42-62)86(4,5)6/h13-50,89-90H,1-12H3. The summed E-state index contributed by atoms with van der Waals surface area (Å²) in [5.74, 6) is 0.270. The Kier molecular flexibility index (Phi) is 15.5. The number of fused-ring (bicyclic) bond motifs is 2. The van der Waals surface area contributed by atoms with E-state index in [-0.39, 0.29) is 66.9 Å². The van der Waals surface area contributed by atoms with E-state index < -0.39 is 23.6 Å². The Labute approximate surface area is 582 Å². The van der Waals surface area contributed by atoms with Gasteiger partial charge in [-0.25, -0.2) is 9.80 Å². The summed E-state index contributed by atoms with van der Waals surface area (Å²) in [5, 5.41) is 9.98. The Bertz CT molecular complexity index is 4830. The average Bonchev–Trinajstić information content (AvgIpc) is 0.672. The fourth-order valence-corrected chi connectivity index (χ4v) is 13.7. The molecule has 0 radical (unpaired) electrons. The molecule has 13 aromatic rings. The summed E-state index contributed by atoms with van der Waals surface area (Å²) in [6.45, 7) is 25.7. The summed E-state index contributed by atoms with van der Waals surface area (Å²) in [7, 11) is 0. The van der Waals surface area contributed by atoms with Gasteiger partial charge in [-0.3, -0.25) is 19.2 Å². The SMILES string of the molecule is CC(C)(C)c1ccc(Oc2cc3c4c(cc(Oc5ccc(C(C)(C)C)cc5)c5c6c(Oc7ccc(C(C)(C)C)cc7)cc7c8c(cc(Oc9ccc(C(C)(C)C)cc9)c(c2c45)c86)C(=O)N(c2ccc(Nc4ccccc4)cc2)C7=O)C(=O)N(c2ccc(Nc4ccccc4)cc2)C3=O)cc1. The van der Waals surface area contributed by atoms with E-state index in [0.29, 0.717) is 77.5 Å². The van der Waals surface area contributed by atoms with Crippen molar-refractivity contribution >= 4 is 101 Å². The molecule has 0 unspecified atom stereocenters. The van der Waals surface area contributed by atoms with Gasteiger partial charge in [-0.05, 0) is 190 Å². The van der Waals surface area contributed by atoms with Gasteiger partial charge in [0.1, 0.15) is 46.0 Å². The number of carbonyl (C=O) groups is 4. The van der Waals surface area contributed by atoms with Crippen molar-refractivity contribution in [3.63, 3.8) is 0 Å².